The Morgan fingerprint density at radius 1 is 1.17 bits per heavy atom. The van der Waals surface area contributed by atoms with Crippen LogP contribution >= 0.6 is 0 Å². The predicted octanol–water partition coefficient (Wildman–Crippen LogP) is 2.46. The second kappa shape index (κ2) is 6.51. The first-order valence-corrected chi connectivity index (χ1v) is 10.2. The van der Waals surface area contributed by atoms with E-state index in [0.717, 1.165) is 18.4 Å². The molecule has 0 bridgehead atoms. The van der Waals surface area contributed by atoms with Gasteiger partial charge in [-0.15, -0.1) is 0 Å². The first-order valence-electron chi connectivity index (χ1n) is 8.36. The van der Waals surface area contributed by atoms with Crippen LogP contribution in [0.2, 0.25) is 0 Å². The largest absolute Gasteiger partial charge is 0.349 e. The zero-order valence-corrected chi connectivity index (χ0v) is 14.4. The molecule has 0 saturated heterocycles. The molecule has 1 saturated carbocycles. The number of benzene rings is 1. The van der Waals surface area contributed by atoms with Crippen LogP contribution in [0.5, 0.6) is 0 Å². The summed E-state index contributed by atoms with van der Waals surface area (Å²) in [5.41, 5.74) is 2.27. The van der Waals surface area contributed by atoms with Crippen molar-refractivity contribution in [1.82, 2.24) is 5.32 Å². The predicted molar refractivity (Wildman–Crippen MR) is 91.3 cm³/mol. The van der Waals surface area contributed by atoms with Crippen molar-refractivity contribution < 1.29 is 13.2 Å². The van der Waals surface area contributed by atoms with Crippen molar-refractivity contribution in [2.75, 3.05) is 17.1 Å². The fourth-order valence-corrected chi connectivity index (χ4v) is 4.51. The minimum absolute atomic E-state index is 0.0440. The van der Waals surface area contributed by atoms with Crippen molar-refractivity contribution in [2.24, 2.45) is 0 Å². The van der Waals surface area contributed by atoms with Gasteiger partial charge in [-0.05, 0) is 43.0 Å². The van der Waals surface area contributed by atoms with Crippen LogP contribution in [0.4, 0.5) is 5.69 Å². The lowest BCUT2D eigenvalue weighted by molar-refractivity contribution is 0.0933. The molecular weight excluding hydrogens is 312 g/mol. The summed E-state index contributed by atoms with van der Waals surface area (Å²) in [4.78, 5) is 12.5. The van der Waals surface area contributed by atoms with E-state index in [1.165, 1.54) is 36.2 Å². The molecule has 1 amide bonds. The fraction of sp³-hybridized carbons (Fsp3) is 0.588. The van der Waals surface area contributed by atoms with Crippen LogP contribution in [0.15, 0.2) is 18.2 Å². The van der Waals surface area contributed by atoms with Crippen LogP contribution in [0.3, 0.4) is 0 Å². The lowest BCUT2D eigenvalue weighted by Gasteiger charge is -2.18. The summed E-state index contributed by atoms with van der Waals surface area (Å²) in [6, 6.07) is 5.59. The average Bonchev–Trinajstić information content (AvgIpc) is 2.77. The molecule has 0 aromatic heterocycles. The number of fused-ring (bicyclic) bond motifs is 1. The number of nitrogens with zero attached hydrogens (tertiary/aromatic N) is 1. The Hall–Kier alpha value is -1.56. The Kier molecular flexibility index (Phi) is 4.62. The Morgan fingerprint density at radius 2 is 1.87 bits per heavy atom. The number of sulfonamides is 1. The highest BCUT2D eigenvalue weighted by Gasteiger charge is 2.27. The number of carbonyl (C=O) groups excluding carboxylic acids is 1. The van der Waals surface area contributed by atoms with Crippen molar-refractivity contribution >= 4 is 21.6 Å². The molecule has 5 nitrogen and oxygen atoms in total. The van der Waals surface area contributed by atoms with E-state index >= 15 is 0 Å². The molecule has 1 aliphatic carbocycles. The third-order valence-electron chi connectivity index (χ3n) is 4.79. The molecule has 6 heteroatoms. The number of rotatable bonds is 3. The maximum absolute atomic E-state index is 12.5. The number of anilines is 1. The Bertz CT molecular complexity index is 692. The van der Waals surface area contributed by atoms with Gasteiger partial charge in [0.2, 0.25) is 10.0 Å². The molecule has 3 rings (SSSR count). The molecule has 0 radical (unpaired) electrons. The van der Waals surface area contributed by atoms with Gasteiger partial charge in [0.1, 0.15) is 0 Å². The number of nitrogens with one attached hydrogen (secondary N) is 1. The van der Waals surface area contributed by atoms with Crippen LogP contribution in [0, 0.1) is 0 Å². The van der Waals surface area contributed by atoms with E-state index in [1.807, 2.05) is 6.07 Å². The van der Waals surface area contributed by atoms with Gasteiger partial charge < -0.3 is 5.32 Å². The molecule has 2 aliphatic rings. The van der Waals surface area contributed by atoms with Crippen molar-refractivity contribution in [3.8, 4) is 0 Å². The van der Waals surface area contributed by atoms with Gasteiger partial charge in [0.25, 0.3) is 5.91 Å². The summed E-state index contributed by atoms with van der Waals surface area (Å²) in [5, 5.41) is 3.14. The van der Waals surface area contributed by atoms with Crippen molar-refractivity contribution in [1.29, 1.82) is 0 Å². The van der Waals surface area contributed by atoms with Gasteiger partial charge in [0.15, 0.2) is 0 Å². The summed E-state index contributed by atoms with van der Waals surface area (Å²) in [6.07, 6.45) is 8.86. The fourth-order valence-electron chi connectivity index (χ4n) is 3.55. The number of amides is 1. The number of carbonyl (C=O) groups is 1. The molecule has 1 aromatic carbocycles. The highest BCUT2D eigenvalue weighted by molar-refractivity contribution is 7.92. The van der Waals surface area contributed by atoms with Crippen molar-refractivity contribution in [2.45, 2.75) is 51.0 Å². The highest BCUT2D eigenvalue weighted by Crippen LogP contribution is 2.30. The lowest BCUT2D eigenvalue weighted by Crippen LogP contribution is -2.34. The van der Waals surface area contributed by atoms with Gasteiger partial charge in [0, 0.05) is 18.2 Å². The summed E-state index contributed by atoms with van der Waals surface area (Å²) in [6.45, 7) is 0.460. The van der Waals surface area contributed by atoms with Gasteiger partial charge >= 0.3 is 0 Å². The maximum atomic E-state index is 12.5. The number of hydrogen-bond acceptors (Lipinski definition) is 3. The van der Waals surface area contributed by atoms with E-state index in [-0.39, 0.29) is 11.9 Å². The molecule has 0 spiro atoms. The minimum Gasteiger partial charge on any atom is -0.349 e. The molecular formula is C17H24N2O3S. The van der Waals surface area contributed by atoms with Crippen molar-refractivity contribution in [3.63, 3.8) is 0 Å². The SMILES string of the molecule is CS(=O)(=O)N1CCc2cc(C(=O)NC3CCCCCC3)ccc21. The first-order chi connectivity index (χ1) is 10.9. The maximum Gasteiger partial charge on any atom is 0.251 e. The second-order valence-electron chi connectivity index (χ2n) is 6.59. The van der Waals surface area contributed by atoms with Gasteiger partial charge in [0.05, 0.1) is 11.9 Å². The van der Waals surface area contributed by atoms with Crippen LogP contribution in [0.25, 0.3) is 0 Å². The molecule has 1 N–H and O–H groups in total. The van der Waals surface area contributed by atoms with E-state index in [9.17, 15) is 13.2 Å². The van der Waals surface area contributed by atoms with E-state index in [2.05, 4.69) is 5.32 Å². The van der Waals surface area contributed by atoms with Crippen LogP contribution < -0.4 is 9.62 Å². The normalized spacial score (nSPS) is 19.3. The molecule has 1 heterocycles. The third-order valence-corrected chi connectivity index (χ3v) is 5.97. The monoisotopic (exact) mass is 336 g/mol. The lowest BCUT2D eigenvalue weighted by atomic mass is 10.1. The Labute approximate surface area is 138 Å². The van der Waals surface area contributed by atoms with Gasteiger partial charge in [-0.1, -0.05) is 25.7 Å². The quantitative estimate of drug-likeness (QED) is 0.862. The average molecular weight is 336 g/mol. The molecule has 126 valence electrons. The summed E-state index contributed by atoms with van der Waals surface area (Å²) in [5.74, 6) is -0.0440. The summed E-state index contributed by atoms with van der Waals surface area (Å²) in [7, 11) is -3.24. The molecule has 0 atom stereocenters. The molecule has 1 fully saturated rings. The van der Waals surface area contributed by atoms with Gasteiger partial charge in [-0.3, -0.25) is 9.10 Å². The van der Waals surface area contributed by atoms with E-state index in [0.29, 0.717) is 24.2 Å². The van der Waals surface area contributed by atoms with Crippen LogP contribution in [-0.2, 0) is 16.4 Å². The summed E-state index contributed by atoms with van der Waals surface area (Å²) < 4.78 is 24.9. The van der Waals surface area contributed by atoms with Crippen LogP contribution in [0.1, 0.15) is 54.4 Å². The summed E-state index contributed by atoms with van der Waals surface area (Å²) >= 11 is 0. The first kappa shape index (κ1) is 16.3. The van der Waals surface area contributed by atoms with Gasteiger partial charge in [-0.25, -0.2) is 8.42 Å². The second-order valence-corrected chi connectivity index (χ2v) is 8.50. The molecule has 1 aliphatic heterocycles. The topological polar surface area (TPSA) is 66.5 Å². The molecule has 23 heavy (non-hydrogen) atoms. The third kappa shape index (κ3) is 3.68. The Balaban J connectivity index is 1.73. The highest BCUT2D eigenvalue weighted by atomic mass is 32.2. The Morgan fingerprint density at radius 3 is 2.52 bits per heavy atom. The smallest absolute Gasteiger partial charge is 0.251 e. The molecule has 0 unspecified atom stereocenters. The van der Waals surface area contributed by atoms with Crippen molar-refractivity contribution in [3.05, 3.63) is 29.3 Å². The van der Waals surface area contributed by atoms with Gasteiger partial charge in [-0.2, -0.15) is 0 Å². The minimum atomic E-state index is -3.24. The van der Waals surface area contributed by atoms with E-state index < -0.39 is 10.0 Å². The van der Waals surface area contributed by atoms with E-state index in [1.54, 1.807) is 12.1 Å². The zero-order valence-electron chi connectivity index (χ0n) is 13.5. The van der Waals surface area contributed by atoms with E-state index in [4.69, 9.17) is 0 Å². The molecule has 1 aromatic rings. The number of hydrogen-bond donors (Lipinski definition) is 1. The zero-order chi connectivity index (χ0) is 16.4. The standard InChI is InChI=1S/C17H24N2O3S/c1-23(21,22)19-11-10-13-12-14(8-9-16(13)19)17(20)18-15-6-4-2-3-5-7-15/h8-9,12,15H,2-7,10-11H2,1H3,(H,18,20). The van der Waals surface area contributed by atoms with Crippen LogP contribution in [-0.4, -0.2) is 33.2 Å².